The number of para-hydroxylation sites is 1. The number of hydrogen-bond donors (Lipinski definition) is 2. The minimum Gasteiger partial charge on any atom is -0.504 e. The van der Waals surface area contributed by atoms with Crippen LogP contribution >= 0.6 is 0 Å². The minimum absolute atomic E-state index is 0.0245. The van der Waals surface area contributed by atoms with Crippen LogP contribution in [0.4, 0.5) is 8.78 Å². The highest BCUT2D eigenvalue weighted by Gasteiger charge is 2.28. The van der Waals surface area contributed by atoms with Crippen molar-refractivity contribution in [2.24, 2.45) is 0 Å². The SMILES string of the molecule is CCOc1cccc([C@H](CC(F)F)N2CCNCC2)c1O. The number of phenols is 1. The van der Waals surface area contributed by atoms with Crippen molar-refractivity contribution in [1.82, 2.24) is 10.2 Å². The normalized spacial score (nSPS) is 17.9. The van der Waals surface area contributed by atoms with Crippen LogP contribution in [-0.2, 0) is 0 Å². The summed E-state index contributed by atoms with van der Waals surface area (Å²) in [6.45, 7) is 5.16. The van der Waals surface area contributed by atoms with Crippen LogP contribution < -0.4 is 10.1 Å². The van der Waals surface area contributed by atoms with E-state index in [0.717, 1.165) is 13.1 Å². The van der Waals surface area contributed by atoms with E-state index in [-0.39, 0.29) is 12.2 Å². The van der Waals surface area contributed by atoms with Gasteiger partial charge in [0, 0.05) is 44.2 Å². The van der Waals surface area contributed by atoms with Gasteiger partial charge in [-0.2, -0.15) is 0 Å². The van der Waals surface area contributed by atoms with E-state index in [9.17, 15) is 13.9 Å². The van der Waals surface area contributed by atoms with Crippen LogP contribution in [0.3, 0.4) is 0 Å². The Morgan fingerprint density at radius 3 is 2.67 bits per heavy atom. The van der Waals surface area contributed by atoms with Crippen molar-refractivity contribution in [3.8, 4) is 11.5 Å². The zero-order valence-corrected chi connectivity index (χ0v) is 12.2. The molecule has 1 aliphatic rings. The van der Waals surface area contributed by atoms with Crippen molar-refractivity contribution in [3.05, 3.63) is 23.8 Å². The van der Waals surface area contributed by atoms with Crippen LogP contribution in [-0.4, -0.2) is 49.2 Å². The molecule has 1 saturated heterocycles. The number of nitrogens with one attached hydrogen (secondary N) is 1. The Kier molecular flexibility index (Phi) is 5.76. The number of ether oxygens (including phenoxy) is 1. The number of nitrogens with zero attached hydrogens (tertiary/aromatic N) is 1. The third-order valence-electron chi connectivity index (χ3n) is 3.68. The first kappa shape index (κ1) is 16.0. The van der Waals surface area contributed by atoms with Gasteiger partial charge in [0.2, 0.25) is 6.43 Å². The maximum absolute atomic E-state index is 13.0. The van der Waals surface area contributed by atoms with Gasteiger partial charge < -0.3 is 15.2 Å². The lowest BCUT2D eigenvalue weighted by Crippen LogP contribution is -2.45. The molecule has 0 saturated carbocycles. The zero-order chi connectivity index (χ0) is 15.2. The first-order valence-electron chi connectivity index (χ1n) is 7.31. The third kappa shape index (κ3) is 4.04. The Morgan fingerprint density at radius 1 is 1.33 bits per heavy atom. The number of benzene rings is 1. The van der Waals surface area contributed by atoms with E-state index in [2.05, 4.69) is 5.32 Å². The highest BCUT2D eigenvalue weighted by Crippen LogP contribution is 2.38. The van der Waals surface area contributed by atoms with Gasteiger partial charge in [0.25, 0.3) is 0 Å². The van der Waals surface area contributed by atoms with Crippen LogP contribution in [0.2, 0.25) is 0 Å². The Balaban J connectivity index is 2.29. The molecular formula is C15H22F2N2O2. The largest absolute Gasteiger partial charge is 0.504 e. The first-order chi connectivity index (χ1) is 10.1. The predicted molar refractivity (Wildman–Crippen MR) is 77.1 cm³/mol. The van der Waals surface area contributed by atoms with E-state index in [0.29, 0.717) is 31.0 Å². The van der Waals surface area contributed by atoms with Gasteiger partial charge >= 0.3 is 0 Å². The molecule has 0 bridgehead atoms. The highest BCUT2D eigenvalue weighted by atomic mass is 19.3. The second kappa shape index (κ2) is 7.56. The lowest BCUT2D eigenvalue weighted by atomic mass is 9.99. The third-order valence-corrected chi connectivity index (χ3v) is 3.68. The molecule has 0 spiro atoms. The molecule has 1 aromatic rings. The summed E-state index contributed by atoms with van der Waals surface area (Å²) in [5, 5.41) is 13.5. The molecule has 1 atom stereocenters. The molecule has 0 radical (unpaired) electrons. The summed E-state index contributed by atoms with van der Waals surface area (Å²) in [7, 11) is 0. The van der Waals surface area contributed by atoms with Gasteiger partial charge in [-0.15, -0.1) is 0 Å². The number of alkyl halides is 2. The van der Waals surface area contributed by atoms with Gasteiger partial charge in [0.1, 0.15) is 0 Å². The van der Waals surface area contributed by atoms with Crippen LogP contribution in [0.1, 0.15) is 24.9 Å². The summed E-state index contributed by atoms with van der Waals surface area (Å²) in [6.07, 6.45) is -2.71. The Hall–Kier alpha value is -1.40. The number of piperazine rings is 1. The molecule has 0 unspecified atom stereocenters. The minimum atomic E-state index is -2.42. The van der Waals surface area contributed by atoms with E-state index in [4.69, 9.17) is 4.74 Å². The maximum atomic E-state index is 13.0. The molecular weight excluding hydrogens is 278 g/mol. The molecule has 118 valence electrons. The van der Waals surface area contributed by atoms with Crippen molar-refractivity contribution < 1.29 is 18.6 Å². The molecule has 0 aliphatic carbocycles. The molecule has 0 aromatic heterocycles. The molecule has 1 aromatic carbocycles. The van der Waals surface area contributed by atoms with Crippen LogP contribution in [0.15, 0.2) is 18.2 Å². The maximum Gasteiger partial charge on any atom is 0.240 e. The monoisotopic (exact) mass is 300 g/mol. The van der Waals surface area contributed by atoms with E-state index in [1.54, 1.807) is 18.2 Å². The second-order valence-corrected chi connectivity index (χ2v) is 5.06. The van der Waals surface area contributed by atoms with Crippen molar-refractivity contribution in [2.75, 3.05) is 32.8 Å². The number of rotatable bonds is 6. The average molecular weight is 300 g/mol. The summed E-state index contributed by atoms with van der Waals surface area (Å²) in [6, 6.07) is 4.60. The molecule has 1 aliphatic heterocycles. The summed E-state index contributed by atoms with van der Waals surface area (Å²) >= 11 is 0. The van der Waals surface area contributed by atoms with Gasteiger partial charge in [-0.1, -0.05) is 12.1 Å². The Morgan fingerprint density at radius 2 is 2.05 bits per heavy atom. The molecule has 0 amide bonds. The fraction of sp³-hybridized carbons (Fsp3) is 0.600. The standard InChI is InChI=1S/C15H22F2N2O2/c1-2-21-13-5-3-4-11(15(13)20)12(10-14(16)17)19-8-6-18-7-9-19/h3-5,12,14,18,20H,2,6-10H2,1H3/t12-/m0/s1. The van der Waals surface area contributed by atoms with Gasteiger partial charge in [-0.3, -0.25) is 4.90 Å². The molecule has 1 heterocycles. The lowest BCUT2D eigenvalue weighted by molar-refractivity contribution is 0.0727. The second-order valence-electron chi connectivity index (χ2n) is 5.06. The number of halogens is 2. The smallest absolute Gasteiger partial charge is 0.240 e. The highest BCUT2D eigenvalue weighted by molar-refractivity contribution is 5.47. The fourth-order valence-electron chi connectivity index (χ4n) is 2.72. The molecule has 2 N–H and O–H groups in total. The fourth-order valence-corrected chi connectivity index (χ4v) is 2.72. The van der Waals surface area contributed by atoms with Crippen molar-refractivity contribution in [2.45, 2.75) is 25.8 Å². The lowest BCUT2D eigenvalue weighted by Gasteiger charge is -2.35. The van der Waals surface area contributed by atoms with Crippen molar-refractivity contribution >= 4 is 0 Å². The van der Waals surface area contributed by atoms with E-state index >= 15 is 0 Å². The molecule has 4 nitrogen and oxygen atoms in total. The van der Waals surface area contributed by atoms with Crippen LogP contribution in [0.25, 0.3) is 0 Å². The van der Waals surface area contributed by atoms with Crippen LogP contribution in [0, 0.1) is 0 Å². The van der Waals surface area contributed by atoms with E-state index in [1.165, 1.54) is 0 Å². The molecule has 6 heteroatoms. The predicted octanol–water partition coefficient (Wildman–Crippen LogP) is 2.39. The van der Waals surface area contributed by atoms with Gasteiger partial charge in [0.15, 0.2) is 11.5 Å². The summed E-state index contributed by atoms with van der Waals surface area (Å²) in [5.41, 5.74) is 0.517. The summed E-state index contributed by atoms with van der Waals surface area (Å²) in [5.74, 6) is 0.327. The topological polar surface area (TPSA) is 44.7 Å². The van der Waals surface area contributed by atoms with E-state index < -0.39 is 12.5 Å². The zero-order valence-electron chi connectivity index (χ0n) is 12.2. The molecule has 21 heavy (non-hydrogen) atoms. The quantitative estimate of drug-likeness (QED) is 0.847. The van der Waals surface area contributed by atoms with Gasteiger partial charge in [0.05, 0.1) is 6.61 Å². The van der Waals surface area contributed by atoms with E-state index in [1.807, 2.05) is 11.8 Å². The number of phenolic OH excluding ortho intramolecular Hbond substituents is 1. The van der Waals surface area contributed by atoms with Gasteiger partial charge in [-0.25, -0.2) is 8.78 Å². The van der Waals surface area contributed by atoms with Crippen molar-refractivity contribution in [1.29, 1.82) is 0 Å². The molecule has 1 fully saturated rings. The average Bonchev–Trinajstić information content (AvgIpc) is 2.48. The first-order valence-corrected chi connectivity index (χ1v) is 7.31. The number of aromatic hydroxyl groups is 1. The van der Waals surface area contributed by atoms with Crippen LogP contribution in [0.5, 0.6) is 11.5 Å². The van der Waals surface area contributed by atoms with Gasteiger partial charge in [-0.05, 0) is 13.0 Å². The Labute approximate surface area is 123 Å². The van der Waals surface area contributed by atoms with Crippen molar-refractivity contribution in [3.63, 3.8) is 0 Å². The Bertz CT molecular complexity index is 451. The summed E-state index contributed by atoms with van der Waals surface area (Å²) in [4.78, 5) is 1.99. The molecule has 2 rings (SSSR count). The summed E-state index contributed by atoms with van der Waals surface area (Å²) < 4.78 is 31.3. The number of hydrogen-bond acceptors (Lipinski definition) is 4.